The topological polar surface area (TPSA) is 123 Å². The van der Waals surface area contributed by atoms with Gasteiger partial charge in [0.05, 0.1) is 18.7 Å². The minimum absolute atomic E-state index is 0.0951. The third kappa shape index (κ3) is 9.18. The highest BCUT2D eigenvalue weighted by Crippen LogP contribution is 2.39. The van der Waals surface area contributed by atoms with Crippen LogP contribution in [0.25, 0.3) is 6.08 Å². The average Bonchev–Trinajstić information content (AvgIpc) is 3.13. The molecule has 0 radical (unpaired) electrons. The molecule has 0 bridgehead atoms. The van der Waals surface area contributed by atoms with Crippen LogP contribution in [0.2, 0.25) is 0 Å². The zero-order chi connectivity index (χ0) is 36.3. The van der Waals surface area contributed by atoms with Gasteiger partial charge in [0.2, 0.25) is 5.78 Å². The van der Waals surface area contributed by atoms with Gasteiger partial charge in [-0.3, -0.25) is 9.59 Å². The molecule has 0 amide bonds. The van der Waals surface area contributed by atoms with E-state index in [-0.39, 0.29) is 42.1 Å². The van der Waals surface area contributed by atoms with Gasteiger partial charge in [-0.1, -0.05) is 68.8 Å². The lowest BCUT2D eigenvalue weighted by Gasteiger charge is -2.31. The van der Waals surface area contributed by atoms with Gasteiger partial charge in [-0.05, 0) is 91.9 Å². The molecule has 9 heteroatoms. The largest absolute Gasteiger partial charge is 0.462 e. The molecule has 0 unspecified atom stereocenters. The number of hydrogen-bond acceptors (Lipinski definition) is 9. The third-order valence-corrected chi connectivity index (χ3v) is 8.60. The first-order valence-corrected chi connectivity index (χ1v) is 16.8. The first-order chi connectivity index (χ1) is 24.0. The lowest BCUT2D eigenvalue weighted by atomic mass is 9.79. The first kappa shape index (κ1) is 37.4. The van der Waals surface area contributed by atoms with Crippen molar-refractivity contribution in [3.63, 3.8) is 0 Å². The quantitative estimate of drug-likeness (QED) is 0.0305. The van der Waals surface area contributed by atoms with Crippen LogP contribution in [0.3, 0.4) is 0 Å². The molecule has 0 heterocycles. The SMILES string of the molecule is C=CCC(=O)O/N=C(\CCOC(=O)C(=C)C)C(=O)c1ccc(N(c2ccc(CC)cc2)c2ccc(C(=O)C3(O)CCCCC3)cc2C=C)cc1. The molecule has 0 saturated heterocycles. The Morgan fingerprint density at radius 3 is 2.12 bits per heavy atom. The van der Waals surface area contributed by atoms with Gasteiger partial charge in [-0.2, -0.15) is 0 Å². The number of hydrogen-bond donors (Lipinski definition) is 1. The number of rotatable bonds is 16. The Bertz CT molecular complexity index is 1780. The number of esters is 1. The fraction of sp³-hybridized carbons (Fsp3) is 0.293. The smallest absolute Gasteiger partial charge is 0.338 e. The zero-order valence-corrected chi connectivity index (χ0v) is 28.8. The minimum atomic E-state index is -1.37. The number of aliphatic hydroxyl groups is 1. The highest BCUT2D eigenvalue weighted by molar-refractivity contribution is 6.46. The summed E-state index contributed by atoms with van der Waals surface area (Å²) in [5, 5.41) is 15.0. The number of carbonyl (C=O) groups is 4. The molecule has 1 aliphatic carbocycles. The van der Waals surface area contributed by atoms with E-state index < -0.39 is 23.3 Å². The number of anilines is 3. The van der Waals surface area contributed by atoms with Crippen molar-refractivity contribution >= 4 is 52.4 Å². The van der Waals surface area contributed by atoms with Crippen molar-refractivity contribution in [1.29, 1.82) is 0 Å². The lowest BCUT2D eigenvalue weighted by molar-refractivity contribution is -0.143. The number of benzene rings is 3. The van der Waals surface area contributed by atoms with Crippen molar-refractivity contribution in [2.24, 2.45) is 5.16 Å². The number of carbonyl (C=O) groups excluding carboxylic acids is 4. The van der Waals surface area contributed by atoms with Gasteiger partial charge in [-0.15, -0.1) is 6.58 Å². The van der Waals surface area contributed by atoms with Crippen LogP contribution in [-0.4, -0.2) is 46.5 Å². The molecule has 1 fully saturated rings. The monoisotopic (exact) mass is 676 g/mol. The van der Waals surface area contributed by atoms with E-state index in [1.165, 1.54) is 13.0 Å². The van der Waals surface area contributed by atoms with Gasteiger partial charge < -0.3 is 19.6 Å². The maximum Gasteiger partial charge on any atom is 0.338 e. The predicted molar refractivity (Wildman–Crippen MR) is 196 cm³/mol. The minimum Gasteiger partial charge on any atom is -0.462 e. The number of ketones is 2. The van der Waals surface area contributed by atoms with Crippen LogP contribution in [0.5, 0.6) is 0 Å². The number of ether oxygens (including phenoxy) is 1. The molecule has 0 aromatic heterocycles. The van der Waals surface area contributed by atoms with Crippen LogP contribution in [0.4, 0.5) is 17.1 Å². The van der Waals surface area contributed by atoms with Crippen LogP contribution in [0, 0.1) is 0 Å². The predicted octanol–water partition coefficient (Wildman–Crippen LogP) is 8.41. The van der Waals surface area contributed by atoms with Crippen LogP contribution < -0.4 is 4.90 Å². The highest BCUT2D eigenvalue weighted by Gasteiger charge is 2.37. The molecular formula is C41H44N2O7. The van der Waals surface area contributed by atoms with Gasteiger partial charge in [0.15, 0.2) is 5.78 Å². The van der Waals surface area contributed by atoms with Gasteiger partial charge in [0.25, 0.3) is 0 Å². The summed E-state index contributed by atoms with van der Waals surface area (Å²) in [6, 6.07) is 20.3. The maximum atomic E-state index is 13.6. The summed E-state index contributed by atoms with van der Waals surface area (Å²) >= 11 is 0. The summed E-state index contributed by atoms with van der Waals surface area (Å²) in [5.41, 5.74) is 3.57. The molecule has 3 aromatic carbocycles. The van der Waals surface area contributed by atoms with Crippen molar-refractivity contribution in [2.45, 2.75) is 70.8 Å². The van der Waals surface area contributed by atoms with E-state index in [1.54, 1.807) is 42.5 Å². The van der Waals surface area contributed by atoms with E-state index in [2.05, 4.69) is 31.8 Å². The van der Waals surface area contributed by atoms with E-state index >= 15 is 0 Å². The summed E-state index contributed by atoms with van der Waals surface area (Å²) < 4.78 is 5.15. The Morgan fingerprint density at radius 2 is 1.54 bits per heavy atom. The molecular weight excluding hydrogens is 632 g/mol. The molecule has 260 valence electrons. The fourth-order valence-corrected chi connectivity index (χ4v) is 5.76. The van der Waals surface area contributed by atoms with E-state index in [0.29, 0.717) is 29.7 Å². The summed E-state index contributed by atoms with van der Waals surface area (Å²) in [7, 11) is 0. The second kappa shape index (κ2) is 17.3. The zero-order valence-electron chi connectivity index (χ0n) is 28.8. The van der Waals surface area contributed by atoms with Gasteiger partial charge in [0, 0.05) is 34.5 Å². The summed E-state index contributed by atoms with van der Waals surface area (Å²) in [4.78, 5) is 57.9. The van der Waals surface area contributed by atoms with E-state index in [9.17, 15) is 24.3 Å². The first-order valence-electron chi connectivity index (χ1n) is 16.8. The highest BCUT2D eigenvalue weighted by atomic mass is 16.7. The molecule has 1 saturated carbocycles. The number of Topliss-reactive ketones (excluding diaryl/α,β-unsaturated/α-hetero) is 2. The Balaban J connectivity index is 1.70. The van der Waals surface area contributed by atoms with Crippen LogP contribution in [-0.2, 0) is 25.6 Å². The van der Waals surface area contributed by atoms with Gasteiger partial charge in [-0.25, -0.2) is 9.59 Å². The van der Waals surface area contributed by atoms with E-state index in [1.807, 2.05) is 35.2 Å². The molecule has 3 aromatic rings. The van der Waals surface area contributed by atoms with Crippen molar-refractivity contribution in [3.8, 4) is 0 Å². The summed E-state index contributed by atoms with van der Waals surface area (Å²) in [6.07, 6.45) is 7.23. The standard InChI is InChI=1S/C41H44N2O7/c1-6-12-37(44)50-42-35(23-26-49-40(47)28(4)5)38(45)31-15-20-34(21-16-31)43(33-18-13-29(7-2)14-19-33)36-22-17-32(27-30(36)8-3)39(46)41(48)24-10-9-11-25-41/h6,8,13-22,27,48H,1,3-4,7,9-12,23-26H2,2,5H3/b42-35+. The number of nitrogens with zero attached hydrogens (tertiary/aromatic N) is 2. The molecule has 4 rings (SSSR count). The molecule has 9 nitrogen and oxygen atoms in total. The van der Waals surface area contributed by atoms with Crippen molar-refractivity contribution in [3.05, 3.63) is 120 Å². The molecule has 0 spiro atoms. The molecule has 50 heavy (non-hydrogen) atoms. The third-order valence-electron chi connectivity index (χ3n) is 8.60. The second-order valence-electron chi connectivity index (χ2n) is 12.3. The Hall–Kier alpha value is -5.41. The number of aryl methyl sites for hydroxylation is 1. The van der Waals surface area contributed by atoms with Gasteiger partial charge >= 0.3 is 11.9 Å². The number of oxime groups is 1. The molecule has 1 aliphatic rings. The lowest BCUT2D eigenvalue weighted by Crippen LogP contribution is -2.40. The molecule has 0 atom stereocenters. The Kier molecular flexibility index (Phi) is 12.9. The normalized spacial score (nSPS) is 13.9. The van der Waals surface area contributed by atoms with E-state index in [4.69, 9.17) is 9.57 Å². The Labute approximate surface area is 293 Å². The molecule has 1 N–H and O–H groups in total. The van der Waals surface area contributed by atoms with Crippen LogP contribution in [0.15, 0.2) is 103 Å². The summed E-state index contributed by atoms with van der Waals surface area (Å²) in [6.45, 7) is 14.5. The second-order valence-corrected chi connectivity index (χ2v) is 12.3. The average molecular weight is 677 g/mol. The van der Waals surface area contributed by atoms with Crippen LogP contribution in [0.1, 0.15) is 90.6 Å². The van der Waals surface area contributed by atoms with E-state index in [0.717, 1.165) is 42.6 Å². The van der Waals surface area contributed by atoms with Crippen LogP contribution >= 0.6 is 0 Å². The van der Waals surface area contributed by atoms with Crippen molar-refractivity contribution in [2.75, 3.05) is 11.5 Å². The molecule has 0 aliphatic heterocycles. The van der Waals surface area contributed by atoms with Crippen molar-refractivity contribution < 1.29 is 33.9 Å². The van der Waals surface area contributed by atoms with Gasteiger partial charge in [0.1, 0.15) is 11.3 Å². The summed E-state index contributed by atoms with van der Waals surface area (Å²) in [5.74, 6) is -2.10. The maximum absolute atomic E-state index is 13.6. The Morgan fingerprint density at radius 1 is 0.920 bits per heavy atom. The van der Waals surface area contributed by atoms with Crippen molar-refractivity contribution in [1.82, 2.24) is 0 Å². The fourth-order valence-electron chi connectivity index (χ4n) is 5.76.